The standard InChI is InChI=1S/C14H22N2O3S/c1-14(2,3)19-13(17)16-7-5-11(18-4)10(9-16)12-15-6-8-20-12/h6,8,10-11H,5,7,9H2,1-4H3/t10-,11-/m0/s1. The Bertz CT molecular complexity index is 442. The van der Waals surface area contributed by atoms with Gasteiger partial charge in [0.15, 0.2) is 0 Å². The molecule has 1 aliphatic rings. The number of amides is 1. The van der Waals surface area contributed by atoms with Crippen molar-refractivity contribution in [1.29, 1.82) is 0 Å². The van der Waals surface area contributed by atoms with E-state index in [9.17, 15) is 4.79 Å². The van der Waals surface area contributed by atoms with Crippen molar-refractivity contribution >= 4 is 17.4 Å². The number of hydrogen-bond donors (Lipinski definition) is 0. The molecule has 2 atom stereocenters. The molecule has 0 bridgehead atoms. The Morgan fingerprint density at radius 1 is 1.50 bits per heavy atom. The molecule has 20 heavy (non-hydrogen) atoms. The van der Waals surface area contributed by atoms with E-state index in [1.807, 2.05) is 26.2 Å². The lowest BCUT2D eigenvalue weighted by molar-refractivity contribution is -0.00702. The van der Waals surface area contributed by atoms with Crippen molar-refractivity contribution in [2.75, 3.05) is 20.2 Å². The van der Waals surface area contributed by atoms with Crippen LogP contribution < -0.4 is 0 Å². The molecule has 1 aromatic heterocycles. The van der Waals surface area contributed by atoms with Crippen molar-refractivity contribution in [2.24, 2.45) is 0 Å². The fourth-order valence-corrected chi connectivity index (χ4v) is 3.14. The summed E-state index contributed by atoms with van der Waals surface area (Å²) >= 11 is 1.61. The highest BCUT2D eigenvalue weighted by Gasteiger charge is 2.35. The zero-order chi connectivity index (χ0) is 14.8. The van der Waals surface area contributed by atoms with Gasteiger partial charge in [-0.25, -0.2) is 9.78 Å². The highest BCUT2D eigenvalue weighted by Crippen LogP contribution is 2.31. The van der Waals surface area contributed by atoms with Crippen LogP contribution in [0.2, 0.25) is 0 Å². The topological polar surface area (TPSA) is 51.7 Å². The van der Waals surface area contributed by atoms with Crippen LogP contribution in [0.3, 0.4) is 0 Å². The maximum absolute atomic E-state index is 12.2. The summed E-state index contributed by atoms with van der Waals surface area (Å²) in [5, 5.41) is 2.97. The van der Waals surface area contributed by atoms with Gasteiger partial charge in [-0.2, -0.15) is 0 Å². The SMILES string of the molecule is CO[C@H]1CCN(C(=O)OC(C)(C)C)C[C@@H]1c1nccs1. The maximum atomic E-state index is 12.2. The number of likely N-dealkylation sites (tertiary alicyclic amines) is 1. The zero-order valence-corrected chi connectivity index (χ0v) is 13.3. The molecule has 0 radical (unpaired) electrons. The van der Waals surface area contributed by atoms with Gasteiger partial charge < -0.3 is 14.4 Å². The molecule has 5 nitrogen and oxygen atoms in total. The van der Waals surface area contributed by atoms with E-state index in [4.69, 9.17) is 9.47 Å². The number of piperidine rings is 1. The predicted octanol–water partition coefficient (Wildman–Crippen LogP) is 2.88. The number of ether oxygens (including phenoxy) is 2. The van der Waals surface area contributed by atoms with E-state index < -0.39 is 5.60 Å². The van der Waals surface area contributed by atoms with Gasteiger partial charge in [0.2, 0.25) is 0 Å². The summed E-state index contributed by atoms with van der Waals surface area (Å²) in [6, 6.07) is 0. The lowest BCUT2D eigenvalue weighted by Crippen LogP contribution is -2.47. The number of rotatable bonds is 2. The highest BCUT2D eigenvalue weighted by atomic mass is 32.1. The van der Waals surface area contributed by atoms with E-state index >= 15 is 0 Å². The molecule has 112 valence electrons. The molecule has 1 fully saturated rings. The first kappa shape index (κ1) is 15.3. The molecule has 2 heterocycles. The Morgan fingerprint density at radius 3 is 2.80 bits per heavy atom. The first-order chi connectivity index (χ1) is 9.40. The van der Waals surface area contributed by atoms with Crippen molar-refractivity contribution in [3.8, 4) is 0 Å². The number of hydrogen-bond acceptors (Lipinski definition) is 5. The van der Waals surface area contributed by atoms with Gasteiger partial charge in [-0.3, -0.25) is 0 Å². The van der Waals surface area contributed by atoms with Gasteiger partial charge in [0.05, 0.1) is 17.0 Å². The predicted molar refractivity (Wildman–Crippen MR) is 78.1 cm³/mol. The average Bonchev–Trinajstić information content (AvgIpc) is 2.89. The van der Waals surface area contributed by atoms with Crippen molar-refractivity contribution < 1.29 is 14.3 Å². The van der Waals surface area contributed by atoms with Crippen LogP contribution in [0.1, 0.15) is 38.1 Å². The Labute approximate surface area is 123 Å². The van der Waals surface area contributed by atoms with E-state index in [1.165, 1.54) is 0 Å². The second-order valence-corrected chi connectivity index (χ2v) is 6.89. The number of carbonyl (C=O) groups is 1. The second-order valence-electron chi connectivity index (χ2n) is 5.97. The van der Waals surface area contributed by atoms with Gasteiger partial charge in [-0.05, 0) is 27.2 Å². The van der Waals surface area contributed by atoms with Crippen LogP contribution >= 0.6 is 11.3 Å². The maximum Gasteiger partial charge on any atom is 0.410 e. The molecule has 1 aromatic rings. The van der Waals surface area contributed by atoms with Gasteiger partial charge in [-0.1, -0.05) is 0 Å². The van der Waals surface area contributed by atoms with E-state index in [0.29, 0.717) is 13.1 Å². The van der Waals surface area contributed by atoms with Crippen LogP contribution in [0.15, 0.2) is 11.6 Å². The molecule has 1 amide bonds. The van der Waals surface area contributed by atoms with E-state index in [2.05, 4.69) is 4.98 Å². The van der Waals surface area contributed by atoms with Gasteiger partial charge >= 0.3 is 6.09 Å². The monoisotopic (exact) mass is 298 g/mol. The molecule has 1 aliphatic heterocycles. The third kappa shape index (κ3) is 3.70. The fourth-order valence-electron chi connectivity index (χ4n) is 2.36. The van der Waals surface area contributed by atoms with Crippen LogP contribution in [-0.2, 0) is 9.47 Å². The van der Waals surface area contributed by atoms with Gasteiger partial charge in [0.25, 0.3) is 0 Å². The van der Waals surface area contributed by atoms with E-state index in [1.54, 1.807) is 29.5 Å². The Kier molecular flexibility index (Phi) is 4.65. The molecule has 0 aliphatic carbocycles. The van der Waals surface area contributed by atoms with Gasteiger partial charge in [0, 0.05) is 31.8 Å². The first-order valence-electron chi connectivity index (χ1n) is 6.81. The largest absolute Gasteiger partial charge is 0.444 e. The van der Waals surface area contributed by atoms with Gasteiger partial charge in [0.1, 0.15) is 5.60 Å². The van der Waals surface area contributed by atoms with Crippen molar-refractivity contribution in [2.45, 2.75) is 44.8 Å². The van der Waals surface area contributed by atoms with Crippen LogP contribution in [0.4, 0.5) is 4.79 Å². The minimum atomic E-state index is -0.466. The summed E-state index contributed by atoms with van der Waals surface area (Å²) in [4.78, 5) is 18.3. The molecule has 0 saturated carbocycles. The number of carbonyl (C=O) groups excluding carboxylic acids is 1. The van der Waals surface area contributed by atoms with Crippen molar-refractivity contribution in [3.63, 3.8) is 0 Å². The molecular formula is C14H22N2O3S. The minimum absolute atomic E-state index is 0.111. The molecule has 0 spiro atoms. The highest BCUT2D eigenvalue weighted by molar-refractivity contribution is 7.09. The zero-order valence-electron chi connectivity index (χ0n) is 12.5. The van der Waals surface area contributed by atoms with E-state index in [-0.39, 0.29) is 18.1 Å². The summed E-state index contributed by atoms with van der Waals surface area (Å²) in [7, 11) is 1.72. The summed E-state index contributed by atoms with van der Waals surface area (Å²) in [5.41, 5.74) is -0.466. The van der Waals surface area contributed by atoms with E-state index in [0.717, 1.165) is 11.4 Å². The third-order valence-corrected chi connectivity index (χ3v) is 4.18. The number of methoxy groups -OCH3 is 1. The summed E-state index contributed by atoms with van der Waals surface area (Å²) in [6.07, 6.45) is 2.45. The number of nitrogens with zero attached hydrogens (tertiary/aromatic N) is 2. The molecule has 1 saturated heterocycles. The summed E-state index contributed by atoms with van der Waals surface area (Å²) in [5.74, 6) is 0.126. The smallest absolute Gasteiger partial charge is 0.410 e. The number of aromatic nitrogens is 1. The Morgan fingerprint density at radius 2 is 2.25 bits per heavy atom. The molecule has 0 aromatic carbocycles. The lowest BCUT2D eigenvalue weighted by atomic mass is 9.95. The van der Waals surface area contributed by atoms with Crippen LogP contribution in [0, 0.1) is 0 Å². The van der Waals surface area contributed by atoms with Crippen LogP contribution in [-0.4, -0.2) is 47.9 Å². The summed E-state index contributed by atoms with van der Waals surface area (Å²) < 4.78 is 11.0. The average molecular weight is 298 g/mol. The molecule has 6 heteroatoms. The fraction of sp³-hybridized carbons (Fsp3) is 0.714. The van der Waals surface area contributed by atoms with Crippen molar-refractivity contribution in [3.05, 3.63) is 16.6 Å². The normalized spacial score (nSPS) is 23.7. The van der Waals surface area contributed by atoms with Crippen LogP contribution in [0.25, 0.3) is 0 Å². The lowest BCUT2D eigenvalue weighted by Gasteiger charge is -2.37. The first-order valence-corrected chi connectivity index (χ1v) is 7.69. The van der Waals surface area contributed by atoms with Crippen molar-refractivity contribution in [1.82, 2.24) is 9.88 Å². The second kappa shape index (κ2) is 6.10. The molecular weight excluding hydrogens is 276 g/mol. The Hall–Kier alpha value is -1.14. The molecule has 2 rings (SSSR count). The number of thiazole rings is 1. The third-order valence-electron chi connectivity index (χ3n) is 3.27. The van der Waals surface area contributed by atoms with Gasteiger partial charge in [-0.15, -0.1) is 11.3 Å². The Balaban J connectivity index is 2.06. The molecule has 0 unspecified atom stereocenters. The molecule has 0 N–H and O–H groups in total. The summed E-state index contributed by atoms with van der Waals surface area (Å²) in [6.45, 7) is 6.90. The minimum Gasteiger partial charge on any atom is -0.444 e. The van der Waals surface area contributed by atoms with Crippen LogP contribution in [0.5, 0.6) is 0 Å². The quantitative estimate of drug-likeness (QED) is 0.842.